The number of hydrogen-bond acceptors (Lipinski definition) is 5. The number of rotatable bonds is 8. The lowest BCUT2D eigenvalue weighted by Crippen LogP contribution is -2.11. The fraction of sp³-hybridized carbons (Fsp3) is 0.185. The number of likely N-dealkylation sites (N-methyl/N-ethyl adjacent to an activating group) is 1. The Morgan fingerprint density at radius 2 is 1.73 bits per heavy atom. The van der Waals surface area contributed by atoms with Crippen molar-refractivity contribution in [1.82, 2.24) is 5.32 Å². The van der Waals surface area contributed by atoms with Gasteiger partial charge in [0.1, 0.15) is 0 Å². The average Bonchev–Trinajstić information content (AvgIpc) is 3.17. The average molecular weight is 442 g/mol. The summed E-state index contributed by atoms with van der Waals surface area (Å²) >= 11 is 0. The van der Waals surface area contributed by atoms with Gasteiger partial charge in [-0.15, -0.1) is 0 Å². The minimum absolute atomic E-state index is 0.219. The fourth-order valence-corrected chi connectivity index (χ4v) is 3.81. The van der Waals surface area contributed by atoms with E-state index in [4.69, 9.17) is 4.74 Å². The van der Waals surface area contributed by atoms with Gasteiger partial charge in [-0.05, 0) is 62.3 Å². The number of fused-ring (bicyclic) bond motifs is 1. The molecule has 0 radical (unpaired) electrons. The Morgan fingerprint density at radius 3 is 2.42 bits per heavy atom. The van der Waals surface area contributed by atoms with Crippen molar-refractivity contribution in [3.63, 3.8) is 0 Å². The summed E-state index contributed by atoms with van der Waals surface area (Å²) in [6.07, 6.45) is 0.946. The third kappa shape index (κ3) is 4.96. The van der Waals surface area contributed by atoms with E-state index in [2.05, 4.69) is 28.1 Å². The lowest BCUT2D eigenvalue weighted by atomic mass is 9.99. The molecule has 0 saturated carbocycles. The number of ether oxygens (including phenoxy) is 1. The van der Waals surface area contributed by atoms with Gasteiger partial charge in [0.25, 0.3) is 5.91 Å². The van der Waals surface area contributed by atoms with Crippen LogP contribution in [0, 0.1) is 0 Å². The first-order chi connectivity index (χ1) is 16.1. The van der Waals surface area contributed by atoms with Crippen molar-refractivity contribution in [2.75, 3.05) is 30.8 Å². The molecule has 0 spiro atoms. The van der Waals surface area contributed by atoms with Crippen molar-refractivity contribution < 1.29 is 14.3 Å². The van der Waals surface area contributed by atoms with Gasteiger partial charge in [0.05, 0.1) is 29.1 Å². The van der Waals surface area contributed by atoms with Crippen LogP contribution in [0.5, 0.6) is 0 Å². The predicted octanol–water partition coefficient (Wildman–Crippen LogP) is 4.56. The zero-order chi connectivity index (χ0) is 23.2. The lowest BCUT2D eigenvalue weighted by Gasteiger charge is -2.15. The van der Waals surface area contributed by atoms with E-state index in [9.17, 15) is 9.59 Å². The number of esters is 1. The number of anilines is 2. The zero-order valence-corrected chi connectivity index (χ0v) is 18.8. The van der Waals surface area contributed by atoms with E-state index in [-0.39, 0.29) is 5.91 Å². The minimum atomic E-state index is -0.410. The summed E-state index contributed by atoms with van der Waals surface area (Å²) in [4.78, 5) is 25.2. The van der Waals surface area contributed by atoms with Crippen LogP contribution in [0.15, 0.2) is 72.8 Å². The largest absolute Gasteiger partial charge is 0.462 e. The predicted molar refractivity (Wildman–Crippen MR) is 132 cm³/mol. The van der Waals surface area contributed by atoms with Crippen molar-refractivity contribution in [2.45, 2.75) is 13.3 Å². The molecule has 1 heterocycles. The molecule has 0 bridgehead atoms. The third-order valence-electron chi connectivity index (χ3n) is 5.47. The second-order valence-electron chi connectivity index (χ2n) is 7.73. The summed E-state index contributed by atoms with van der Waals surface area (Å²) in [6.45, 7) is 2.97. The molecular weight excluding hydrogens is 414 g/mol. The molecule has 1 amide bonds. The highest BCUT2D eigenvalue weighted by Gasteiger charge is 2.29. The molecule has 3 aromatic rings. The summed E-state index contributed by atoms with van der Waals surface area (Å²) in [5.74, 6) is -0.630. The van der Waals surface area contributed by atoms with Crippen molar-refractivity contribution in [1.29, 1.82) is 0 Å². The van der Waals surface area contributed by atoms with Gasteiger partial charge in [-0.2, -0.15) is 0 Å². The first kappa shape index (κ1) is 22.3. The molecule has 1 aliphatic heterocycles. The first-order valence-electron chi connectivity index (χ1n) is 11.0. The first-order valence-corrected chi connectivity index (χ1v) is 11.0. The van der Waals surface area contributed by atoms with E-state index in [1.807, 2.05) is 49.5 Å². The number of carbonyl (C=O) groups excluding carboxylic acids is 2. The molecule has 0 aliphatic carbocycles. The van der Waals surface area contributed by atoms with Crippen molar-refractivity contribution in [3.8, 4) is 0 Å². The Kier molecular flexibility index (Phi) is 6.86. The van der Waals surface area contributed by atoms with Gasteiger partial charge < -0.3 is 20.7 Å². The van der Waals surface area contributed by atoms with Gasteiger partial charge in [0.15, 0.2) is 0 Å². The topological polar surface area (TPSA) is 79.5 Å². The Labute approximate surface area is 193 Å². The Hall–Kier alpha value is -3.90. The smallest absolute Gasteiger partial charge is 0.338 e. The Balaban J connectivity index is 1.74. The van der Waals surface area contributed by atoms with Gasteiger partial charge in [-0.25, -0.2) is 4.79 Å². The van der Waals surface area contributed by atoms with Crippen LogP contribution in [0.2, 0.25) is 0 Å². The Bertz CT molecular complexity index is 1180. The van der Waals surface area contributed by atoms with Crippen molar-refractivity contribution in [3.05, 3.63) is 95.1 Å². The molecule has 33 heavy (non-hydrogen) atoms. The molecule has 6 nitrogen and oxygen atoms in total. The van der Waals surface area contributed by atoms with Crippen LogP contribution in [-0.2, 0) is 16.0 Å². The molecule has 168 valence electrons. The lowest BCUT2D eigenvalue weighted by molar-refractivity contribution is -0.110. The maximum absolute atomic E-state index is 13.1. The number of carbonyl (C=O) groups is 2. The van der Waals surface area contributed by atoms with Gasteiger partial charge in [0.2, 0.25) is 0 Å². The highest BCUT2D eigenvalue weighted by molar-refractivity contribution is 6.37. The standard InChI is InChI=1S/C27H27N3O3/c1-3-33-27(32)20-11-14-22-23(17-20)30-26(31)24(22)25(19-7-5-4-6-8-19)29-21-12-9-18(10-13-21)15-16-28-2/h4-14,17,28-29H,3,15-16H2,1-2H3,(H,30,31). The third-order valence-corrected chi connectivity index (χ3v) is 5.47. The van der Waals surface area contributed by atoms with Crippen molar-refractivity contribution in [2.24, 2.45) is 0 Å². The molecular formula is C27H27N3O3. The minimum Gasteiger partial charge on any atom is -0.462 e. The van der Waals surface area contributed by atoms with Crippen LogP contribution in [0.1, 0.15) is 34.0 Å². The van der Waals surface area contributed by atoms with Crippen LogP contribution in [0.25, 0.3) is 11.3 Å². The molecule has 3 N–H and O–H groups in total. The van der Waals surface area contributed by atoms with Crippen LogP contribution < -0.4 is 16.0 Å². The second-order valence-corrected chi connectivity index (χ2v) is 7.73. The van der Waals surface area contributed by atoms with E-state index in [1.54, 1.807) is 25.1 Å². The fourth-order valence-electron chi connectivity index (χ4n) is 3.81. The second kappa shape index (κ2) is 10.1. The molecule has 1 aliphatic rings. The monoisotopic (exact) mass is 441 g/mol. The van der Waals surface area contributed by atoms with Gasteiger partial charge in [0, 0.05) is 11.3 Å². The van der Waals surface area contributed by atoms with Crippen molar-refractivity contribution >= 4 is 34.5 Å². The maximum atomic E-state index is 13.1. The summed E-state index contributed by atoms with van der Waals surface area (Å²) in [5.41, 5.74) is 6.00. The molecule has 3 aromatic carbocycles. The van der Waals surface area contributed by atoms with E-state index < -0.39 is 5.97 Å². The maximum Gasteiger partial charge on any atom is 0.338 e. The highest BCUT2D eigenvalue weighted by atomic mass is 16.5. The van der Waals surface area contributed by atoms with Gasteiger partial charge in [-0.3, -0.25) is 4.79 Å². The van der Waals surface area contributed by atoms with Gasteiger partial charge >= 0.3 is 5.97 Å². The van der Waals surface area contributed by atoms with E-state index >= 15 is 0 Å². The quantitative estimate of drug-likeness (QED) is 0.353. The number of benzene rings is 3. The Morgan fingerprint density at radius 1 is 0.970 bits per heavy atom. The van der Waals surface area contributed by atoms with Crippen LogP contribution in [-0.4, -0.2) is 32.1 Å². The van der Waals surface area contributed by atoms with Crippen LogP contribution >= 0.6 is 0 Å². The molecule has 0 unspecified atom stereocenters. The SMILES string of the molecule is CCOC(=O)c1ccc2c(c1)NC(=O)C2=C(Nc1ccc(CCNC)cc1)c1ccccc1. The molecule has 4 rings (SSSR count). The highest BCUT2D eigenvalue weighted by Crippen LogP contribution is 2.38. The van der Waals surface area contributed by atoms with Crippen LogP contribution in [0.3, 0.4) is 0 Å². The normalized spacial score (nSPS) is 13.8. The van der Waals surface area contributed by atoms with E-state index in [0.29, 0.717) is 29.1 Å². The molecule has 0 atom stereocenters. The molecule has 0 aromatic heterocycles. The van der Waals surface area contributed by atoms with E-state index in [0.717, 1.165) is 29.8 Å². The molecule has 0 saturated heterocycles. The van der Waals surface area contributed by atoms with Gasteiger partial charge in [-0.1, -0.05) is 48.5 Å². The summed E-state index contributed by atoms with van der Waals surface area (Å²) in [5, 5.41) is 9.52. The molecule has 6 heteroatoms. The zero-order valence-electron chi connectivity index (χ0n) is 18.8. The molecule has 0 fully saturated rings. The number of amides is 1. The number of hydrogen-bond donors (Lipinski definition) is 3. The summed E-state index contributed by atoms with van der Waals surface area (Å²) in [7, 11) is 1.94. The summed E-state index contributed by atoms with van der Waals surface area (Å²) < 4.78 is 5.09. The number of nitrogens with one attached hydrogen (secondary N) is 3. The summed E-state index contributed by atoms with van der Waals surface area (Å²) in [6, 6.07) is 23.1. The van der Waals surface area contributed by atoms with Crippen LogP contribution in [0.4, 0.5) is 11.4 Å². The van der Waals surface area contributed by atoms with E-state index in [1.165, 1.54) is 5.56 Å².